The van der Waals surface area contributed by atoms with Crippen LogP contribution in [0.3, 0.4) is 0 Å². The van der Waals surface area contributed by atoms with Gasteiger partial charge < -0.3 is 10.1 Å². The molecule has 4 heteroatoms. The third-order valence-electron chi connectivity index (χ3n) is 3.25. The van der Waals surface area contributed by atoms with Gasteiger partial charge in [0.2, 0.25) is 0 Å². The molecule has 0 aromatic rings. The Hall–Kier alpha value is 0.620. The van der Waals surface area contributed by atoms with E-state index in [1.165, 1.54) is 48.8 Å². The molecule has 1 N–H and O–H groups in total. The number of rotatable bonds is 4. The highest BCUT2D eigenvalue weighted by Crippen LogP contribution is 2.18. The highest BCUT2D eigenvalue weighted by atomic mass is 32.2. The number of thioether (sulfide) groups is 2. The lowest BCUT2D eigenvalue weighted by Gasteiger charge is -2.23. The lowest BCUT2D eigenvalue weighted by atomic mass is 9.99. The predicted molar refractivity (Wildman–Crippen MR) is 74.6 cm³/mol. The predicted octanol–water partition coefficient (Wildman–Crippen LogP) is 2.24. The van der Waals surface area contributed by atoms with Crippen molar-refractivity contribution in [2.24, 2.45) is 5.92 Å². The van der Waals surface area contributed by atoms with Gasteiger partial charge in [0.15, 0.2) is 0 Å². The average Bonchev–Trinajstić information content (AvgIpc) is 2.59. The fraction of sp³-hybridized carbons (Fsp3) is 1.00. The van der Waals surface area contributed by atoms with Gasteiger partial charge in [0, 0.05) is 42.3 Å². The van der Waals surface area contributed by atoms with Gasteiger partial charge in [-0.3, -0.25) is 0 Å². The molecule has 0 amide bonds. The summed E-state index contributed by atoms with van der Waals surface area (Å²) in [6.07, 6.45) is 3.93. The zero-order chi connectivity index (χ0) is 11.1. The number of nitrogens with one attached hydrogen (secondary N) is 1. The van der Waals surface area contributed by atoms with Gasteiger partial charge in [-0.15, -0.1) is 0 Å². The second-order valence-corrected chi connectivity index (χ2v) is 6.97. The van der Waals surface area contributed by atoms with Crippen LogP contribution < -0.4 is 5.32 Å². The fourth-order valence-electron chi connectivity index (χ4n) is 2.26. The summed E-state index contributed by atoms with van der Waals surface area (Å²) in [5.41, 5.74) is 0. The van der Waals surface area contributed by atoms with E-state index in [9.17, 15) is 0 Å². The molecule has 94 valence electrons. The van der Waals surface area contributed by atoms with Crippen molar-refractivity contribution in [2.45, 2.75) is 25.3 Å². The maximum absolute atomic E-state index is 5.51. The van der Waals surface area contributed by atoms with Crippen molar-refractivity contribution in [3.63, 3.8) is 0 Å². The first-order chi connectivity index (χ1) is 7.95. The maximum Gasteiger partial charge on any atom is 0.0494 e. The molecule has 1 atom stereocenters. The van der Waals surface area contributed by atoms with Crippen LogP contribution in [0.2, 0.25) is 0 Å². The van der Waals surface area contributed by atoms with Gasteiger partial charge in [-0.05, 0) is 31.7 Å². The summed E-state index contributed by atoms with van der Waals surface area (Å²) in [6.45, 7) is 3.16. The largest absolute Gasteiger partial charge is 0.381 e. The third-order valence-corrected chi connectivity index (χ3v) is 5.77. The highest BCUT2D eigenvalue weighted by Gasteiger charge is 2.15. The lowest BCUT2D eigenvalue weighted by Crippen LogP contribution is -2.35. The van der Waals surface area contributed by atoms with Crippen molar-refractivity contribution in [3.05, 3.63) is 0 Å². The normalized spacial score (nSPS) is 28.9. The SMILES string of the molecule is C1COC[C@@H](CCNC2CSCCSC2)C1. The Balaban J connectivity index is 1.55. The van der Waals surface area contributed by atoms with Crippen LogP contribution in [0.15, 0.2) is 0 Å². The van der Waals surface area contributed by atoms with Crippen molar-refractivity contribution < 1.29 is 4.74 Å². The van der Waals surface area contributed by atoms with Gasteiger partial charge in [0.05, 0.1) is 0 Å². The Labute approximate surface area is 108 Å². The summed E-state index contributed by atoms with van der Waals surface area (Å²) in [5, 5.41) is 3.71. The molecule has 2 heterocycles. The van der Waals surface area contributed by atoms with Crippen LogP contribution in [-0.2, 0) is 4.74 Å². The van der Waals surface area contributed by atoms with Gasteiger partial charge in [-0.1, -0.05) is 0 Å². The summed E-state index contributed by atoms with van der Waals surface area (Å²) in [4.78, 5) is 0. The van der Waals surface area contributed by atoms with Crippen molar-refractivity contribution in [1.82, 2.24) is 5.32 Å². The number of hydrogen-bond donors (Lipinski definition) is 1. The third kappa shape index (κ3) is 4.86. The van der Waals surface area contributed by atoms with Gasteiger partial charge in [-0.25, -0.2) is 0 Å². The molecule has 0 bridgehead atoms. The second-order valence-electron chi connectivity index (χ2n) is 4.67. The summed E-state index contributed by atoms with van der Waals surface area (Å²) in [5.74, 6) is 6.08. The molecule has 0 radical (unpaired) electrons. The smallest absolute Gasteiger partial charge is 0.0494 e. The first-order valence-corrected chi connectivity index (χ1v) is 8.72. The molecule has 2 aliphatic rings. The molecule has 0 unspecified atom stereocenters. The Morgan fingerprint density at radius 3 is 2.69 bits per heavy atom. The van der Waals surface area contributed by atoms with Crippen LogP contribution >= 0.6 is 23.5 Å². The summed E-state index contributed by atoms with van der Waals surface area (Å²) in [7, 11) is 0. The summed E-state index contributed by atoms with van der Waals surface area (Å²) >= 11 is 4.20. The van der Waals surface area contributed by atoms with Crippen LogP contribution in [0, 0.1) is 5.92 Å². The summed E-state index contributed by atoms with van der Waals surface area (Å²) < 4.78 is 5.51. The van der Waals surface area contributed by atoms with Crippen LogP contribution in [-0.4, -0.2) is 48.8 Å². The standard InChI is InChI=1S/C12H23NOS2/c1-2-11(8-14-5-1)3-4-13-12-9-15-6-7-16-10-12/h11-13H,1-10H2/t11-/m1/s1. The van der Waals surface area contributed by atoms with Crippen molar-refractivity contribution in [2.75, 3.05) is 42.8 Å². The van der Waals surface area contributed by atoms with E-state index in [4.69, 9.17) is 4.74 Å². The van der Waals surface area contributed by atoms with Crippen LogP contribution in [0.1, 0.15) is 19.3 Å². The number of ether oxygens (including phenoxy) is 1. The quantitative estimate of drug-likeness (QED) is 0.837. The molecule has 16 heavy (non-hydrogen) atoms. The maximum atomic E-state index is 5.51. The molecular weight excluding hydrogens is 238 g/mol. The van der Waals surface area contributed by atoms with Gasteiger partial charge in [0.25, 0.3) is 0 Å². The minimum atomic E-state index is 0.738. The molecule has 2 fully saturated rings. The van der Waals surface area contributed by atoms with E-state index in [1.54, 1.807) is 0 Å². The van der Waals surface area contributed by atoms with Crippen molar-refractivity contribution in [1.29, 1.82) is 0 Å². The molecule has 2 saturated heterocycles. The molecule has 2 rings (SSSR count). The fourth-order valence-corrected chi connectivity index (χ4v) is 4.73. The van der Waals surface area contributed by atoms with Crippen LogP contribution in [0.4, 0.5) is 0 Å². The number of hydrogen-bond acceptors (Lipinski definition) is 4. The minimum Gasteiger partial charge on any atom is -0.381 e. The first kappa shape index (κ1) is 13.1. The second kappa shape index (κ2) is 7.85. The zero-order valence-corrected chi connectivity index (χ0v) is 11.6. The van der Waals surface area contributed by atoms with Gasteiger partial charge in [0.1, 0.15) is 0 Å². The van der Waals surface area contributed by atoms with Crippen molar-refractivity contribution >= 4 is 23.5 Å². The Bertz CT molecular complexity index is 178. The van der Waals surface area contributed by atoms with Crippen LogP contribution in [0.5, 0.6) is 0 Å². The average molecular weight is 261 g/mol. The minimum absolute atomic E-state index is 0.738. The lowest BCUT2D eigenvalue weighted by molar-refractivity contribution is 0.0516. The molecule has 0 aliphatic carbocycles. The van der Waals surface area contributed by atoms with E-state index < -0.39 is 0 Å². The molecule has 0 aromatic heterocycles. The van der Waals surface area contributed by atoms with Gasteiger partial charge >= 0.3 is 0 Å². The Morgan fingerprint density at radius 2 is 2.00 bits per heavy atom. The van der Waals surface area contributed by atoms with E-state index in [-0.39, 0.29) is 0 Å². The molecule has 2 nitrogen and oxygen atoms in total. The molecular formula is C12H23NOS2. The van der Waals surface area contributed by atoms with Crippen molar-refractivity contribution in [3.8, 4) is 0 Å². The highest BCUT2D eigenvalue weighted by molar-refractivity contribution is 8.03. The van der Waals surface area contributed by atoms with Crippen LogP contribution in [0.25, 0.3) is 0 Å². The zero-order valence-electron chi connectivity index (χ0n) is 9.95. The van der Waals surface area contributed by atoms with Gasteiger partial charge in [-0.2, -0.15) is 23.5 Å². The molecule has 0 saturated carbocycles. The Morgan fingerprint density at radius 1 is 1.19 bits per heavy atom. The van der Waals surface area contributed by atoms with E-state index in [0.29, 0.717) is 0 Å². The monoisotopic (exact) mass is 261 g/mol. The summed E-state index contributed by atoms with van der Waals surface area (Å²) in [6, 6.07) is 0.738. The molecule has 0 aromatic carbocycles. The Kier molecular flexibility index (Phi) is 6.41. The first-order valence-electron chi connectivity index (χ1n) is 6.42. The van der Waals surface area contributed by atoms with E-state index >= 15 is 0 Å². The van der Waals surface area contributed by atoms with E-state index in [1.807, 2.05) is 0 Å². The molecule has 0 spiro atoms. The van der Waals surface area contributed by atoms with E-state index in [0.717, 1.165) is 25.2 Å². The topological polar surface area (TPSA) is 21.3 Å². The molecule has 2 aliphatic heterocycles. The van der Waals surface area contributed by atoms with E-state index in [2.05, 4.69) is 28.8 Å².